The van der Waals surface area contributed by atoms with Gasteiger partial charge < -0.3 is 10.2 Å². The average Bonchev–Trinajstić information content (AvgIpc) is 3.14. The SMILES string of the molecule is CC(C)(C)NC(=O)CN1CCN(C(=O)CSc2nnnn2-c2ccc(Cl)cc2)CC1. The number of amides is 2. The average molecular weight is 452 g/mol. The van der Waals surface area contributed by atoms with Crippen molar-refractivity contribution in [1.29, 1.82) is 0 Å². The van der Waals surface area contributed by atoms with Gasteiger partial charge in [-0.3, -0.25) is 14.5 Å². The van der Waals surface area contributed by atoms with Crippen molar-refractivity contribution in [2.24, 2.45) is 0 Å². The van der Waals surface area contributed by atoms with E-state index in [9.17, 15) is 9.59 Å². The molecule has 1 aromatic carbocycles. The second kappa shape index (κ2) is 9.76. The normalized spacial score (nSPS) is 15.3. The van der Waals surface area contributed by atoms with E-state index in [-0.39, 0.29) is 23.1 Å². The standard InChI is InChI=1S/C19H26ClN7O2S/c1-19(2,3)21-16(28)12-25-8-10-26(11-9-25)17(29)13-30-18-22-23-24-27(18)15-6-4-14(20)5-7-15/h4-7H,8-13H2,1-3H3,(H,21,28). The molecule has 1 aromatic heterocycles. The lowest BCUT2D eigenvalue weighted by atomic mass is 10.1. The molecule has 0 saturated carbocycles. The van der Waals surface area contributed by atoms with Gasteiger partial charge in [0.25, 0.3) is 0 Å². The van der Waals surface area contributed by atoms with Gasteiger partial charge in [0.05, 0.1) is 18.0 Å². The monoisotopic (exact) mass is 451 g/mol. The number of piperazine rings is 1. The zero-order valence-corrected chi connectivity index (χ0v) is 18.9. The maximum atomic E-state index is 12.6. The van der Waals surface area contributed by atoms with E-state index in [1.807, 2.05) is 37.8 Å². The lowest BCUT2D eigenvalue weighted by molar-refractivity contribution is -0.130. The zero-order valence-electron chi connectivity index (χ0n) is 17.3. The number of carbonyl (C=O) groups excluding carboxylic acids is 2. The molecule has 0 radical (unpaired) electrons. The Hall–Kier alpha value is -2.17. The van der Waals surface area contributed by atoms with Crippen molar-refractivity contribution < 1.29 is 9.59 Å². The molecule has 0 aliphatic carbocycles. The molecule has 2 aromatic rings. The van der Waals surface area contributed by atoms with Gasteiger partial charge in [0.15, 0.2) is 0 Å². The summed E-state index contributed by atoms with van der Waals surface area (Å²) in [6.45, 7) is 8.79. The molecule has 2 heterocycles. The van der Waals surface area contributed by atoms with E-state index in [1.54, 1.807) is 16.8 Å². The summed E-state index contributed by atoms with van der Waals surface area (Å²) in [5, 5.41) is 15.9. The van der Waals surface area contributed by atoms with Crippen LogP contribution in [-0.2, 0) is 9.59 Å². The number of hydrogen-bond acceptors (Lipinski definition) is 7. The van der Waals surface area contributed by atoms with Crippen molar-refractivity contribution in [3.05, 3.63) is 29.3 Å². The highest BCUT2D eigenvalue weighted by atomic mass is 35.5. The second-order valence-electron chi connectivity index (χ2n) is 8.09. The third-order valence-corrected chi connectivity index (χ3v) is 5.60. The van der Waals surface area contributed by atoms with Gasteiger partial charge in [-0.2, -0.15) is 4.68 Å². The van der Waals surface area contributed by atoms with Gasteiger partial charge in [0.1, 0.15) is 0 Å². The number of tetrazole rings is 1. The van der Waals surface area contributed by atoms with Crippen LogP contribution in [0.4, 0.5) is 0 Å². The molecule has 11 heteroatoms. The summed E-state index contributed by atoms with van der Waals surface area (Å²) in [7, 11) is 0. The van der Waals surface area contributed by atoms with E-state index < -0.39 is 0 Å². The first-order valence-electron chi connectivity index (χ1n) is 9.69. The topological polar surface area (TPSA) is 96.2 Å². The summed E-state index contributed by atoms with van der Waals surface area (Å²) in [5.41, 5.74) is 0.537. The highest BCUT2D eigenvalue weighted by Gasteiger charge is 2.24. The van der Waals surface area contributed by atoms with Crippen LogP contribution in [0.1, 0.15) is 20.8 Å². The second-order valence-corrected chi connectivity index (χ2v) is 9.47. The van der Waals surface area contributed by atoms with Gasteiger partial charge in [-0.05, 0) is 55.5 Å². The van der Waals surface area contributed by atoms with Crippen molar-refractivity contribution in [2.75, 3.05) is 38.5 Å². The smallest absolute Gasteiger partial charge is 0.234 e. The van der Waals surface area contributed by atoms with Crippen molar-refractivity contribution in [3.8, 4) is 5.69 Å². The number of aromatic nitrogens is 4. The molecule has 0 bridgehead atoms. The number of nitrogens with one attached hydrogen (secondary N) is 1. The Morgan fingerprint density at radius 2 is 1.80 bits per heavy atom. The van der Waals surface area contributed by atoms with Gasteiger partial charge >= 0.3 is 0 Å². The third-order valence-electron chi connectivity index (χ3n) is 4.44. The number of rotatable bonds is 6. The van der Waals surface area contributed by atoms with Gasteiger partial charge in [-0.25, -0.2) is 0 Å². The minimum absolute atomic E-state index is 0.00636. The van der Waals surface area contributed by atoms with Crippen LogP contribution in [0.15, 0.2) is 29.4 Å². The first-order valence-corrected chi connectivity index (χ1v) is 11.1. The Bertz CT molecular complexity index is 874. The highest BCUT2D eigenvalue weighted by molar-refractivity contribution is 7.99. The fourth-order valence-electron chi connectivity index (χ4n) is 3.05. The van der Waals surface area contributed by atoms with E-state index in [0.717, 1.165) is 5.69 Å². The fraction of sp³-hybridized carbons (Fsp3) is 0.526. The Morgan fingerprint density at radius 1 is 1.13 bits per heavy atom. The third kappa shape index (κ3) is 6.41. The molecule has 1 fully saturated rings. The number of thioether (sulfide) groups is 1. The van der Waals surface area contributed by atoms with E-state index in [1.165, 1.54) is 11.8 Å². The predicted molar refractivity (Wildman–Crippen MR) is 116 cm³/mol. The molecule has 0 spiro atoms. The quantitative estimate of drug-likeness (QED) is 0.664. The van der Waals surface area contributed by atoms with E-state index in [4.69, 9.17) is 11.6 Å². The predicted octanol–water partition coefficient (Wildman–Crippen LogP) is 1.47. The van der Waals surface area contributed by atoms with E-state index in [0.29, 0.717) is 42.9 Å². The first-order chi connectivity index (χ1) is 14.2. The molecule has 30 heavy (non-hydrogen) atoms. The Labute approximate surface area is 185 Å². The van der Waals surface area contributed by atoms with Gasteiger partial charge in [-0.15, -0.1) is 5.10 Å². The molecule has 1 saturated heterocycles. The van der Waals surface area contributed by atoms with Crippen LogP contribution in [0.3, 0.4) is 0 Å². The molecule has 162 valence electrons. The van der Waals surface area contributed by atoms with Gasteiger partial charge in [-0.1, -0.05) is 23.4 Å². The Balaban J connectivity index is 1.47. The van der Waals surface area contributed by atoms with E-state index >= 15 is 0 Å². The fourth-order valence-corrected chi connectivity index (χ4v) is 3.97. The molecule has 2 amide bonds. The maximum absolute atomic E-state index is 12.6. The summed E-state index contributed by atoms with van der Waals surface area (Å²) in [6.07, 6.45) is 0. The minimum Gasteiger partial charge on any atom is -0.350 e. The molecule has 1 N–H and O–H groups in total. The molecular formula is C19H26ClN7O2S. The lowest BCUT2D eigenvalue weighted by Gasteiger charge is -2.34. The van der Waals surface area contributed by atoms with Crippen molar-refractivity contribution in [3.63, 3.8) is 0 Å². The Kier molecular flexibility index (Phi) is 7.32. The van der Waals surface area contributed by atoms with Crippen LogP contribution in [0.25, 0.3) is 5.69 Å². The summed E-state index contributed by atoms with van der Waals surface area (Å²) >= 11 is 7.22. The number of hydrogen-bond donors (Lipinski definition) is 1. The summed E-state index contributed by atoms with van der Waals surface area (Å²) in [5.74, 6) is 0.287. The number of benzene rings is 1. The summed E-state index contributed by atoms with van der Waals surface area (Å²) < 4.78 is 1.58. The van der Waals surface area contributed by atoms with Crippen molar-refractivity contribution in [2.45, 2.75) is 31.5 Å². The maximum Gasteiger partial charge on any atom is 0.234 e. The highest BCUT2D eigenvalue weighted by Crippen LogP contribution is 2.20. The summed E-state index contributed by atoms with van der Waals surface area (Å²) in [4.78, 5) is 28.6. The van der Waals surface area contributed by atoms with Crippen LogP contribution in [0.5, 0.6) is 0 Å². The van der Waals surface area contributed by atoms with Crippen LogP contribution in [-0.4, -0.2) is 85.8 Å². The lowest BCUT2D eigenvalue weighted by Crippen LogP contribution is -2.53. The molecule has 1 aliphatic heterocycles. The largest absolute Gasteiger partial charge is 0.350 e. The van der Waals surface area contributed by atoms with Crippen LogP contribution in [0.2, 0.25) is 5.02 Å². The minimum atomic E-state index is -0.243. The number of carbonyl (C=O) groups is 2. The van der Waals surface area contributed by atoms with Gasteiger partial charge in [0.2, 0.25) is 17.0 Å². The number of nitrogens with zero attached hydrogens (tertiary/aromatic N) is 6. The molecule has 0 unspecified atom stereocenters. The Morgan fingerprint density at radius 3 is 2.43 bits per heavy atom. The molecule has 0 atom stereocenters. The van der Waals surface area contributed by atoms with E-state index in [2.05, 4.69) is 25.7 Å². The van der Waals surface area contributed by atoms with Crippen LogP contribution in [0, 0.1) is 0 Å². The molecular weight excluding hydrogens is 426 g/mol. The van der Waals surface area contributed by atoms with Crippen molar-refractivity contribution >= 4 is 35.2 Å². The van der Waals surface area contributed by atoms with Crippen LogP contribution >= 0.6 is 23.4 Å². The van der Waals surface area contributed by atoms with Gasteiger partial charge in [0, 0.05) is 36.7 Å². The zero-order chi connectivity index (χ0) is 21.7. The number of halogens is 1. The molecule has 9 nitrogen and oxygen atoms in total. The summed E-state index contributed by atoms with van der Waals surface area (Å²) in [6, 6.07) is 7.16. The van der Waals surface area contributed by atoms with Crippen LogP contribution < -0.4 is 5.32 Å². The first kappa shape index (κ1) is 22.5. The van der Waals surface area contributed by atoms with Crippen molar-refractivity contribution in [1.82, 2.24) is 35.3 Å². The molecule has 1 aliphatic rings. The molecule has 3 rings (SSSR count).